The van der Waals surface area contributed by atoms with Crippen molar-refractivity contribution in [2.75, 3.05) is 31.1 Å². The van der Waals surface area contributed by atoms with Gasteiger partial charge in [0.1, 0.15) is 0 Å². The molecule has 2 saturated heterocycles. The lowest BCUT2D eigenvalue weighted by Gasteiger charge is -2.43. The van der Waals surface area contributed by atoms with E-state index >= 15 is 0 Å². The molecular weight excluding hydrogens is 382 g/mol. The quantitative estimate of drug-likeness (QED) is 0.739. The van der Waals surface area contributed by atoms with Gasteiger partial charge in [-0.3, -0.25) is 4.79 Å². The monoisotopic (exact) mass is 423 g/mol. The highest BCUT2D eigenvalue weighted by atomic mass is 16.2. The maximum absolute atomic E-state index is 13.6. The van der Waals surface area contributed by atoms with Crippen molar-refractivity contribution in [3.05, 3.63) is 29.8 Å². The number of nitrogens with zero attached hydrogens (tertiary/aromatic N) is 2. The molecule has 2 atom stereocenters. The SMILES string of the molecule is CC(C)C1CCC(N2CCC(N3C(=O)[C@@H](C[C@H]4CCNC4)c4ccccc43)CC2)CC1. The van der Waals surface area contributed by atoms with Gasteiger partial charge in [-0.25, -0.2) is 0 Å². The number of hydrogen-bond donors (Lipinski definition) is 1. The lowest BCUT2D eigenvalue weighted by atomic mass is 9.79. The minimum atomic E-state index is 0.0745. The number of fused-ring (bicyclic) bond motifs is 1. The van der Waals surface area contributed by atoms with Crippen molar-refractivity contribution in [2.24, 2.45) is 17.8 Å². The molecule has 4 nitrogen and oxygen atoms in total. The molecule has 31 heavy (non-hydrogen) atoms. The van der Waals surface area contributed by atoms with Crippen molar-refractivity contribution in [1.29, 1.82) is 0 Å². The van der Waals surface area contributed by atoms with Crippen LogP contribution in [0.4, 0.5) is 5.69 Å². The number of rotatable bonds is 5. The van der Waals surface area contributed by atoms with Crippen LogP contribution in [-0.4, -0.2) is 49.1 Å². The Morgan fingerprint density at radius 3 is 2.39 bits per heavy atom. The van der Waals surface area contributed by atoms with Crippen LogP contribution in [0.15, 0.2) is 24.3 Å². The lowest BCUT2D eigenvalue weighted by Crippen LogP contribution is -2.50. The number of amides is 1. The van der Waals surface area contributed by atoms with Crippen molar-refractivity contribution in [2.45, 2.75) is 83.2 Å². The Hall–Kier alpha value is -1.39. The molecule has 4 heteroatoms. The Kier molecular flexibility index (Phi) is 6.39. The van der Waals surface area contributed by atoms with Gasteiger partial charge in [0.05, 0.1) is 5.92 Å². The van der Waals surface area contributed by atoms with Crippen LogP contribution < -0.4 is 10.2 Å². The number of benzene rings is 1. The van der Waals surface area contributed by atoms with E-state index in [1.807, 2.05) is 0 Å². The van der Waals surface area contributed by atoms with E-state index in [-0.39, 0.29) is 5.92 Å². The van der Waals surface area contributed by atoms with Gasteiger partial charge in [0.25, 0.3) is 0 Å². The number of para-hydroxylation sites is 1. The molecule has 1 amide bonds. The van der Waals surface area contributed by atoms with Crippen molar-refractivity contribution in [3.8, 4) is 0 Å². The normalized spacial score (nSPS) is 32.7. The Morgan fingerprint density at radius 1 is 0.968 bits per heavy atom. The molecule has 0 unspecified atom stereocenters. The van der Waals surface area contributed by atoms with Gasteiger partial charge >= 0.3 is 0 Å². The summed E-state index contributed by atoms with van der Waals surface area (Å²) in [6, 6.07) is 9.79. The maximum atomic E-state index is 13.6. The molecule has 0 radical (unpaired) electrons. The van der Waals surface area contributed by atoms with Gasteiger partial charge < -0.3 is 15.1 Å². The summed E-state index contributed by atoms with van der Waals surface area (Å²) in [7, 11) is 0. The van der Waals surface area contributed by atoms with E-state index in [9.17, 15) is 4.79 Å². The number of anilines is 1. The molecule has 3 aliphatic heterocycles. The highest BCUT2D eigenvalue weighted by Crippen LogP contribution is 2.44. The van der Waals surface area contributed by atoms with Gasteiger partial charge in [-0.05, 0) is 93.8 Å². The third kappa shape index (κ3) is 4.30. The summed E-state index contributed by atoms with van der Waals surface area (Å²) in [5, 5.41) is 3.47. The Bertz CT molecular complexity index is 755. The highest BCUT2D eigenvalue weighted by molar-refractivity contribution is 6.05. The van der Waals surface area contributed by atoms with E-state index in [1.165, 1.54) is 43.4 Å². The first-order valence-electron chi connectivity index (χ1n) is 13.0. The van der Waals surface area contributed by atoms with Crippen LogP contribution in [0.1, 0.15) is 76.7 Å². The number of carbonyl (C=O) groups is 1. The zero-order chi connectivity index (χ0) is 21.4. The van der Waals surface area contributed by atoms with Gasteiger partial charge in [0.2, 0.25) is 5.91 Å². The zero-order valence-corrected chi connectivity index (χ0v) is 19.6. The second kappa shape index (κ2) is 9.23. The molecule has 0 spiro atoms. The first-order chi connectivity index (χ1) is 15.1. The van der Waals surface area contributed by atoms with Gasteiger partial charge in [0, 0.05) is 30.9 Å². The van der Waals surface area contributed by atoms with Crippen LogP contribution in [0.2, 0.25) is 0 Å². The smallest absolute Gasteiger partial charge is 0.234 e. The average Bonchev–Trinajstić information content (AvgIpc) is 3.41. The third-order valence-corrected chi connectivity index (χ3v) is 8.90. The van der Waals surface area contributed by atoms with Crippen LogP contribution in [0, 0.1) is 17.8 Å². The van der Waals surface area contributed by atoms with E-state index in [0.29, 0.717) is 17.9 Å². The number of piperidine rings is 1. The van der Waals surface area contributed by atoms with Crippen LogP contribution in [-0.2, 0) is 4.79 Å². The third-order valence-electron chi connectivity index (χ3n) is 8.90. The molecule has 1 aromatic rings. The summed E-state index contributed by atoms with van der Waals surface area (Å²) in [5.74, 6) is 2.86. The van der Waals surface area contributed by atoms with E-state index in [0.717, 1.165) is 63.3 Å². The van der Waals surface area contributed by atoms with Crippen LogP contribution >= 0.6 is 0 Å². The fourth-order valence-electron chi connectivity index (χ4n) is 6.92. The second-order valence-electron chi connectivity index (χ2n) is 11.0. The molecule has 1 aliphatic carbocycles. The Balaban J connectivity index is 1.22. The first-order valence-corrected chi connectivity index (χ1v) is 13.0. The average molecular weight is 424 g/mol. The van der Waals surface area contributed by atoms with Crippen molar-refractivity contribution >= 4 is 11.6 Å². The predicted octanol–water partition coefficient (Wildman–Crippen LogP) is 4.80. The molecular formula is C27H41N3O. The number of hydrogen-bond acceptors (Lipinski definition) is 3. The fourth-order valence-corrected chi connectivity index (χ4v) is 6.92. The number of likely N-dealkylation sites (tertiary alicyclic amines) is 1. The van der Waals surface area contributed by atoms with Gasteiger partial charge in [-0.2, -0.15) is 0 Å². The van der Waals surface area contributed by atoms with Crippen LogP contribution in [0.3, 0.4) is 0 Å². The maximum Gasteiger partial charge on any atom is 0.234 e. The molecule has 0 bridgehead atoms. The molecule has 1 saturated carbocycles. The van der Waals surface area contributed by atoms with Crippen molar-refractivity contribution < 1.29 is 4.79 Å². The summed E-state index contributed by atoms with van der Waals surface area (Å²) in [6.07, 6.45) is 10.0. The van der Waals surface area contributed by atoms with Crippen LogP contribution in [0.5, 0.6) is 0 Å². The first kappa shape index (κ1) is 21.5. The topological polar surface area (TPSA) is 35.6 Å². The summed E-state index contributed by atoms with van der Waals surface area (Å²) in [6.45, 7) is 9.27. The molecule has 5 rings (SSSR count). The zero-order valence-electron chi connectivity index (χ0n) is 19.6. The van der Waals surface area contributed by atoms with Gasteiger partial charge in [0.15, 0.2) is 0 Å². The number of nitrogens with one attached hydrogen (secondary N) is 1. The molecule has 170 valence electrons. The fraction of sp³-hybridized carbons (Fsp3) is 0.741. The summed E-state index contributed by atoms with van der Waals surface area (Å²) in [4.78, 5) is 18.6. The van der Waals surface area contributed by atoms with E-state index in [2.05, 4.69) is 53.2 Å². The van der Waals surface area contributed by atoms with Crippen LogP contribution in [0.25, 0.3) is 0 Å². The van der Waals surface area contributed by atoms with Gasteiger partial charge in [-0.15, -0.1) is 0 Å². The molecule has 3 fully saturated rings. The highest BCUT2D eigenvalue weighted by Gasteiger charge is 2.42. The van der Waals surface area contributed by atoms with Crippen molar-refractivity contribution in [1.82, 2.24) is 10.2 Å². The minimum absolute atomic E-state index is 0.0745. The summed E-state index contributed by atoms with van der Waals surface area (Å²) in [5.41, 5.74) is 2.49. The summed E-state index contributed by atoms with van der Waals surface area (Å²) < 4.78 is 0. The largest absolute Gasteiger partial charge is 0.316 e. The molecule has 4 aliphatic rings. The Labute approximate surface area is 188 Å². The van der Waals surface area contributed by atoms with Crippen molar-refractivity contribution in [3.63, 3.8) is 0 Å². The Morgan fingerprint density at radius 2 is 1.71 bits per heavy atom. The van der Waals surface area contributed by atoms with E-state index in [4.69, 9.17) is 0 Å². The molecule has 1 aromatic carbocycles. The lowest BCUT2D eigenvalue weighted by molar-refractivity contribution is -0.120. The minimum Gasteiger partial charge on any atom is -0.316 e. The van der Waals surface area contributed by atoms with E-state index < -0.39 is 0 Å². The van der Waals surface area contributed by atoms with Gasteiger partial charge in [-0.1, -0.05) is 32.0 Å². The summed E-state index contributed by atoms with van der Waals surface area (Å²) >= 11 is 0. The number of carbonyl (C=O) groups excluding carboxylic acids is 1. The standard InChI is InChI=1S/C27H41N3O/c1-19(2)21-7-9-22(10-8-21)29-15-12-23(13-16-29)30-26-6-4-3-5-24(26)25(27(30)31)17-20-11-14-28-18-20/h3-6,19-23,25,28H,7-18H2,1-2H3/t20-,21?,22?,25+/m1/s1. The molecule has 1 N–H and O–H groups in total. The van der Waals surface area contributed by atoms with E-state index in [1.54, 1.807) is 0 Å². The second-order valence-corrected chi connectivity index (χ2v) is 11.0. The predicted molar refractivity (Wildman–Crippen MR) is 127 cm³/mol. The molecule has 3 heterocycles. The molecule has 0 aromatic heterocycles.